The van der Waals surface area contributed by atoms with Crippen LogP contribution in [0.15, 0.2) is 18.2 Å². The highest BCUT2D eigenvalue weighted by Crippen LogP contribution is 2.37. The minimum absolute atomic E-state index is 0.0325. The van der Waals surface area contributed by atoms with E-state index < -0.39 is 11.7 Å². The molecule has 1 saturated carbocycles. The maximum atomic E-state index is 12.4. The molecule has 0 bridgehead atoms. The van der Waals surface area contributed by atoms with Crippen molar-refractivity contribution < 1.29 is 18.3 Å². The second kappa shape index (κ2) is 3.43. The van der Waals surface area contributed by atoms with E-state index in [0.29, 0.717) is 17.9 Å². The van der Waals surface area contributed by atoms with Crippen LogP contribution in [0.3, 0.4) is 0 Å². The normalized spacial score (nSPS) is 16.7. The Morgan fingerprint density at radius 2 is 1.93 bits per heavy atom. The number of alkyl halides is 3. The summed E-state index contributed by atoms with van der Waals surface area (Å²) in [5.41, 5.74) is -0.275. The van der Waals surface area contributed by atoms with Crippen molar-refractivity contribution in [3.63, 3.8) is 0 Å². The molecule has 2 rings (SSSR count). The van der Waals surface area contributed by atoms with Crippen LogP contribution >= 0.6 is 0 Å². The number of rotatable bonds is 2. The van der Waals surface area contributed by atoms with Gasteiger partial charge in [0.15, 0.2) is 0 Å². The molecule has 0 spiro atoms. The first-order valence-electron chi connectivity index (χ1n) is 4.86. The summed E-state index contributed by atoms with van der Waals surface area (Å²) < 4.78 is 37.1. The summed E-state index contributed by atoms with van der Waals surface area (Å²) in [6.07, 6.45) is -1.67. The highest BCUT2D eigenvalue weighted by atomic mass is 19.4. The monoisotopic (exact) mass is 216 g/mol. The van der Waals surface area contributed by atoms with E-state index in [2.05, 4.69) is 0 Å². The molecule has 1 fully saturated rings. The van der Waals surface area contributed by atoms with Gasteiger partial charge in [-0.2, -0.15) is 13.2 Å². The molecular weight excluding hydrogens is 205 g/mol. The molecule has 0 atom stereocenters. The zero-order chi connectivity index (χ0) is 11.1. The second-order valence-corrected chi connectivity index (χ2v) is 3.99. The number of aromatic hydroxyl groups is 1. The summed E-state index contributed by atoms with van der Waals surface area (Å²) in [5.74, 6) is 0.425. The van der Waals surface area contributed by atoms with Crippen LogP contribution in [0.2, 0.25) is 0 Å². The fraction of sp³-hybridized carbons (Fsp3) is 0.455. The van der Waals surface area contributed by atoms with Crippen molar-refractivity contribution in [3.05, 3.63) is 29.3 Å². The molecule has 4 heteroatoms. The SMILES string of the molecule is Oc1ccc(C(F)(F)F)cc1CC1CC1. The van der Waals surface area contributed by atoms with Gasteiger partial charge >= 0.3 is 6.18 Å². The largest absolute Gasteiger partial charge is 0.508 e. The molecule has 1 aromatic rings. The van der Waals surface area contributed by atoms with Gasteiger partial charge < -0.3 is 5.11 Å². The number of hydrogen-bond donors (Lipinski definition) is 1. The van der Waals surface area contributed by atoms with Gasteiger partial charge in [-0.05, 0) is 48.9 Å². The first kappa shape index (κ1) is 10.3. The predicted octanol–water partition coefficient (Wildman–Crippen LogP) is 3.36. The Labute approximate surface area is 85.5 Å². The van der Waals surface area contributed by atoms with Crippen LogP contribution in [0.1, 0.15) is 24.0 Å². The topological polar surface area (TPSA) is 20.2 Å². The minimum atomic E-state index is -4.33. The van der Waals surface area contributed by atoms with Crippen LogP contribution in [0.5, 0.6) is 5.75 Å². The quantitative estimate of drug-likeness (QED) is 0.803. The van der Waals surface area contributed by atoms with Gasteiger partial charge in [-0.15, -0.1) is 0 Å². The zero-order valence-electron chi connectivity index (χ0n) is 8.01. The van der Waals surface area contributed by atoms with E-state index in [9.17, 15) is 18.3 Å². The highest BCUT2D eigenvalue weighted by Gasteiger charge is 2.31. The molecule has 0 amide bonds. The summed E-state index contributed by atoms with van der Waals surface area (Å²) in [5, 5.41) is 9.41. The highest BCUT2D eigenvalue weighted by molar-refractivity contribution is 5.37. The van der Waals surface area contributed by atoms with Crippen LogP contribution in [0.4, 0.5) is 13.2 Å². The minimum Gasteiger partial charge on any atom is -0.508 e. The molecule has 0 aliphatic heterocycles. The first-order valence-corrected chi connectivity index (χ1v) is 4.86. The lowest BCUT2D eigenvalue weighted by Gasteiger charge is -2.10. The fourth-order valence-corrected chi connectivity index (χ4v) is 1.56. The molecule has 0 radical (unpaired) electrons. The van der Waals surface area contributed by atoms with Crippen molar-refractivity contribution >= 4 is 0 Å². The number of halogens is 3. The van der Waals surface area contributed by atoms with Gasteiger partial charge in [-0.1, -0.05) is 0 Å². The third-order valence-electron chi connectivity index (χ3n) is 2.61. The standard InChI is InChI=1S/C11H11F3O/c12-11(13,14)9-3-4-10(15)8(6-9)5-7-1-2-7/h3-4,6-7,15H,1-2,5H2. The molecule has 0 unspecified atom stereocenters. The number of hydrogen-bond acceptors (Lipinski definition) is 1. The van der Waals surface area contributed by atoms with E-state index in [-0.39, 0.29) is 5.75 Å². The molecule has 82 valence electrons. The Morgan fingerprint density at radius 3 is 2.47 bits per heavy atom. The smallest absolute Gasteiger partial charge is 0.416 e. The van der Waals surface area contributed by atoms with Gasteiger partial charge in [-0.3, -0.25) is 0 Å². The molecule has 0 heterocycles. The van der Waals surface area contributed by atoms with E-state index in [0.717, 1.165) is 31.0 Å². The Kier molecular flexibility index (Phi) is 2.37. The molecule has 1 aromatic carbocycles. The van der Waals surface area contributed by atoms with Crippen molar-refractivity contribution in [1.29, 1.82) is 0 Å². The van der Waals surface area contributed by atoms with E-state index in [4.69, 9.17) is 0 Å². The van der Waals surface area contributed by atoms with Crippen LogP contribution in [-0.2, 0) is 12.6 Å². The first-order chi connectivity index (χ1) is 6.97. The lowest BCUT2D eigenvalue weighted by Crippen LogP contribution is -2.05. The molecule has 0 aromatic heterocycles. The van der Waals surface area contributed by atoms with E-state index >= 15 is 0 Å². The lowest BCUT2D eigenvalue weighted by atomic mass is 10.0. The summed E-state index contributed by atoms with van der Waals surface area (Å²) in [7, 11) is 0. The van der Waals surface area contributed by atoms with Crippen LogP contribution in [0.25, 0.3) is 0 Å². The van der Waals surface area contributed by atoms with Crippen LogP contribution in [0, 0.1) is 5.92 Å². The molecule has 1 aliphatic carbocycles. The Morgan fingerprint density at radius 1 is 1.27 bits per heavy atom. The van der Waals surface area contributed by atoms with Gasteiger partial charge in [0, 0.05) is 0 Å². The number of benzene rings is 1. The van der Waals surface area contributed by atoms with Gasteiger partial charge in [0.25, 0.3) is 0 Å². The molecule has 1 N–H and O–H groups in total. The summed E-state index contributed by atoms with van der Waals surface area (Å²) >= 11 is 0. The van der Waals surface area contributed by atoms with E-state index in [1.54, 1.807) is 0 Å². The molecule has 15 heavy (non-hydrogen) atoms. The van der Waals surface area contributed by atoms with Gasteiger partial charge in [0.1, 0.15) is 5.75 Å². The van der Waals surface area contributed by atoms with E-state index in [1.807, 2.05) is 0 Å². The van der Waals surface area contributed by atoms with Crippen molar-refractivity contribution in [2.24, 2.45) is 5.92 Å². The average Bonchev–Trinajstić information content (AvgIpc) is 2.90. The molecular formula is C11H11F3O. The van der Waals surface area contributed by atoms with Crippen LogP contribution < -0.4 is 0 Å². The Hall–Kier alpha value is -1.19. The van der Waals surface area contributed by atoms with Crippen molar-refractivity contribution in [2.75, 3.05) is 0 Å². The fourth-order valence-electron chi connectivity index (χ4n) is 1.56. The predicted molar refractivity (Wildman–Crippen MR) is 49.5 cm³/mol. The van der Waals surface area contributed by atoms with Gasteiger partial charge in [0.05, 0.1) is 5.56 Å². The summed E-state index contributed by atoms with van der Waals surface area (Å²) in [6.45, 7) is 0. The van der Waals surface area contributed by atoms with Crippen LogP contribution in [-0.4, -0.2) is 5.11 Å². The Balaban J connectivity index is 2.27. The number of phenols is 1. The van der Waals surface area contributed by atoms with Gasteiger partial charge in [0.2, 0.25) is 0 Å². The van der Waals surface area contributed by atoms with Crippen molar-refractivity contribution in [3.8, 4) is 5.75 Å². The third kappa shape index (κ3) is 2.43. The summed E-state index contributed by atoms with van der Waals surface area (Å²) in [6, 6.07) is 3.08. The van der Waals surface area contributed by atoms with E-state index in [1.165, 1.54) is 0 Å². The average molecular weight is 216 g/mol. The van der Waals surface area contributed by atoms with Crippen molar-refractivity contribution in [2.45, 2.75) is 25.4 Å². The third-order valence-corrected chi connectivity index (χ3v) is 2.61. The van der Waals surface area contributed by atoms with Crippen molar-refractivity contribution in [1.82, 2.24) is 0 Å². The molecule has 1 aliphatic rings. The molecule has 1 nitrogen and oxygen atoms in total. The lowest BCUT2D eigenvalue weighted by molar-refractivity contribution is -0.137. The second-order valence-electron chi connectivity index (χ2n) is 3.99. The zero-order valence-corrected chi connectivity index (χ0v) is 8.01. The maximum absolute atomic E-state index is 12.4. The molecule has 0 saturated heterocycles. The van der Waals surface area contributed by atoms with Gasteiger partial charge in [-0.25, -0.2) is 0 Å². The maximum Gasteiger partial charge on any atom is 0.416 e. The number of phenolic OH excluding ortho intramolecular Hbond substituents is 1. The summed E-state index contributed by atoms with van der Waals surface area (Å²) in [4.78, 5) is 0. The Bertz CT molecular complexity index is 367.